The molecule has 2 aromatic carbocycles. The van der Waals surface area contributed by atoms with E-state index in [1.165, 1.54) is 18.9 Å². The van der Waals surface area contributed by atoms with E-state index in [9.17, 15) is 18.8 Å². The van der Waals surface area contributed by atoms with Crippen molar-refractivity contribution in [3.8, 4) is 22.9 Å². The number of aromatic amines is 1. The van der Waals surface area contributed by atoms with Crippen LogP contribution in [0.4, 0.5) is 15.9 Å². The highest BCUT2D eigenvalue weighted by Gasteiger charge is 2.42. The zero-order chi connectivity index (χ0) is 41.8. The maximum atomic E-state index is 14.8. The third-order valence-corrected chi connectivity index (χ3v) is 13.8. The van der Waals surface area contributed by atoms with Crippen molar-refractivity contribution in [3.05, 3.63) is 53.6 Å². The summed E-state index contributed by atoms with van der Waals surface area (Å²) in [7, 11) is 1.64. The van der Waals surface area contributed by atoms with Gasteiger partial charge in [-0.2, -0.15) is 5.10 Å². The SMILES string of the molecule is COc1c(N2CCN(C[C@H]3CC[C@H](OC4CCN(c5cc(-c6n[nH]c7cc(F)c(OC8(C)CC8)cc67)ncn5)CC4)CC3)CC2)ccc2c1CN(C1CCC(=O)NC1=O)C2=O. The fraction of sp³-hybridized carbons (Fsp3) is 0.556. The zero-order valence-electron chi connectivity index (χ0n) is 35.0. The Hall–Kier alpha value is -5.35. The van der Waals surface area contributed by atoms with Crippen molar-refractivity contribution in [3.63, 3.8) is 0 Å². The van der Waals surface area contributed by atoms with Crippen LogP contribution >= 0.6 is 0 Å². The predicted molar refractivity (Wildman–Crippen MR) is 225 cm³/mol. The van der Waals surface area contributed by atoms with Crippen LogP contribution in [0, 0.1) is 11.7 Å². The van der Waals surface area contributed by atoms with E-state index in [4.69, 9.17) is 14.2 Å². The zero-order valence-corrected chi connectivity index (χ0v) is 35.0. The molecule has 2 N–H and O–H groups in total. The van der Waals surface area contributed by atoms with Gasteiger partial charge in [-0.3, -0.25) is 29.7 Å². The number of halogens is 1. The summed E-state index contributed by atoms with van der Waals surface area (Å²) >= 11 is 0. The molecule has 0 radical (unpaired) electrons. The summed E-state index contributed by atoms with van der Waals surface area (Å²) in [6.45, 7) is 8.73. The van der Waals surface area contributed by atoms with Crippen LogP contribution in [0.1, 0.15) is 87.1 Å². The molecule has 2 aliphatic carbocycles. The maximum absolute atomic E-state index is 14.8. The molecule has 6 aliphatic rings. The topological polar surface area (TPSA) is 158 Å². The quantitative estimate of drug-likeness (QED) is 0.190. The number of H-pyrrole nitrogens is 1. The Balaban J connectivity index is 0.677. The third kappa shape index (κ3) is 8.00. The van der Waals surface area contributed by atoms with Gasteiger partial charge in [-0.05, 0) is 88.8 Å². The highest BCUT2D eigenvalue weighted by Crippen LogP contribution is 2.43. The Morgan fingerprint density at radius 1 is 0.885 bits per heavy atom. The summed E-state index contributed by atoms with van der Waals surface area (Å²) in [5, 5.41) is 10.6. The number of amides is 3. The van der Waals surface area contributed by atoms with Crippen LogP contribution < -0.4 is 24.6 Å². The normalized spacial score (nSPS) is 24.6. The first-order valence-corrected chi connectivity index (χ1v) is 22.0. The monoisotopic (exact) mass is 835 g/mol. The number of rotatable bonds is 11. The van der Waals surface area contributed by atoms with Crippen LogP contribution in [0.2, 0.25) is 0 Å². The number of methoxy groups -OCH3 is 1. The minimum atomic E-state index is -0.654. The van der Waals surface area contributed by atoms with Gasteiger partial charge in [0.2, 0.25) is 11.8 Å². The number of imide groups is 1. The summed E-state index contributed by atoms with van der Waals surface area (Å²) in [5.41, 5.74) is 4.00. The second-order valence-electron chi connectivity index (χ2n) is 18.0. The van der Waals surface area contributed by atoms with Crippen LogP contribution in [0.5, 0.6) is 11.5 Å². The van der Waals surface area contributed by atoms with E-state index < -0.39 is 17.8 Å². The van der Waals surface area contributed by atoms with E-state index in [0.29, 0.717) is 53.2 Å². The molecule has 2 aromatic heterocycles. The van der Waals surface area contributed by atoms with E-state index >= 15 is 0 Å². The van der Waals surface area contributed by atoms with E-state index in [1.807, 2.05) is 25.1 Å². The van der Waals surface area contributed by atoms with Gasteiger partial charge < -0.3 is 28.9 Å². The first-order valence-electron chi connectivity index (χ1n) is 22.0. The number of hydrogen-bond acceptors (Lipinski definition) is 12. The van der Waals surface area contributed by atoms with Crippen molar-refractivity contribution in [2.45, 2.75) is 102 Å². The number of hydrogen-bond donors (Lipinski definition) is 2. The molecule has 4 aromatic rings. The lowest BCUT2D eigenvalue weighted by atomic mass is 9.86. The first-order chi connectivity index (χ1) is 29.6. The van der Waals surface area contributed by atoms with E-state index in [0.717, 1.165) is 107 Å². The van der Waals surface area contributed by atoms with Gasteiger partial charge in [-0.15, -0.1) is 0 Å². The van der Waals surface area contributed by atoms with Gasteiger partial charge in [0.05, 0.1) is 42.8 Å². The number of carbonyl (C=O) groups is 3. The average molecular weight is 836 g/mol. The molecule has 2 saturated carbocycles. The smallest absolute Gasteiger partial charge is 0.255 e. The number of carbonyl (C=O) groups excluding carboxylic acids is 3. The molecule has 61 heavy (non-hydrogen) atoms. The second-order valence-corrected chi connectivity index (χ2v) is 18.0. The molecule has 1 atom stereocenters. The molecular weight excluding hydrogens is 782 g/mol. The molecule has 0 spiro atoms. The minimum absolute atomic E-state index is 0.192. The highest BCUT2D eigenvalue weighted by atomic mass is 19.1. The summed E-state index contributed by atoms with van der Waals surface area (Å²) in [4.78, 5) is 55.6. The Kier molecular flexibility index (Phi) is 10.5. The van der Waals surface area contributed by atoms with Gasteiger partial charge in [0.25, 0.3) is 5.91 Å². The third-order valence-electron chi connectivity index (χ3n) is 13.8. The van der Waals surface area contributed by atoms with Crippen molar-refractivity contribution < 1.29 is 33.0 Å². The minimum Gasteiger partial charge on any atom is -0.494 e. The molecule has 15 nitrogen and oxygen atoms in total. The lowest BCUT2D eigenvalue weighted by Crippen LogP contribution is -2.52. The second kappa shape index (κ2) is 16.2. The molecule has 10 rings (SSSR count). The van der Waals surface area contributed by atoms with Gasteiger partial charge in [0.1, 0.15) is 35.2 Å². The summed E-state index contributed by atoms with van der Waals surface area (Å²) < 4.78 is 33.4. The van der Waals surface area contributed by atoms with Gasteiger partial charge in [-0.1, -0.05) is 0 Å². The molecule has 1 unspecified atom stereocenters. The van der Waals surface area contributed by atoms with Crippen LogP contribution in [-0.4, -0.2) is 124 Å². The Morgan fingerprint density at radius 2 is 1.66 bits per heavy atom. The number of nitrogens with one attached hydrogen (secondary N) is 2. The van der Waals surface area contributed by atoms with Crippen molar-refractivity contribution in [2.24, 2.45) is 5.92 Å². The number of fused-ring (bicyclic) bond motifs is 2. The molecule has 3 amide bonds. The number of benzene rings is 2. The van der Waals surface area contributed by atoms with Gasteiger partial charge in [0.15, 0.2) is 11.6 Å². The van der Waals surface area contributed by atoms with Crippen molar-refractivity contribution in [1.82, 2.24) is 35.3 Å². The van der Waals surface area contributed by atoms with Crippen molar-refractivity contribution >= 4 is 40.1 Å². The van der Waals surface area contributed by atoms with E-state index in [-0.39, 0.29) is 35.7 Å². The van der Waals surface area contributed by atoms with Gasteiger partial charge in [0, 0.05) is 80.9 Å². The van der Waals surface area contributed by atoms with E-state index in [1.54, 1.807) is 24.4 Å². The highest BCUT2D eigenvalue weighted by molar-refractivity contribution is 6.06. The van der Waals surface area contributed by atoms with E-state index in [2.05, 4.69) is 40.2 Å². The van der Waals surface area contributed by atoms with Gasteiger partial charge >= 0.3 is 0 Å². The Bertz CT molecular complexity index is 2330. The molecule has 3 saturated heterocycles. The summed E-state index contributed by atoms with van der Waals surface area (Å²) in [6.07, 6.45) is 10.9. The molecule has 0 bridgehead atoms. The molecule has 16 heteroatoms. The Labute approximate surface area is 354 Å². The largest absolute Gasteiger partial charge is 0.494 e. The Morgan fingerprint density at radius 3 is 2.39 bits per heavy atom. The number of nitrogens with zero attached hydrogens (tertiary/aromatic N) is 7. The standard InChI is InChI=1S/C45H54FN9O6/c1-45(13-14-45)61-38-21-31-34(22-33(38)46)50-51-41(31)35-23-39(48-26-47-35)54-15-11-29(12-16-54)60-28-5-3-27(4-6-28)24-52-17-19-53(20-18-52)36-8-7-30-32(42(36)59-2)25-55(44(30)58)37-9-10-40(56)49-43(37)57/h7-8,21-23,26-29,37H,3-6,9-20,24-25H2,1-2H3,(H,50,51)(H,49,56,57)/t27-,28-,37?. The fourth-order valence-electron chi connectivity index (χ4n) is 10.0. The number of ether oxygens (including phenoxy) is 3. The molecular formula is C45H54FN9O6. The predicted octanol–water partition coefficient (Wildman–Crippen LogP) is 5.23. The van der Waals surface area contributed by atoms with Crippen molar-refractivity contribution in [1.29, 1.82) is 0 Å². The van der Waals surface area contributed by atoms with Gasteiger partial charge in [-0.25, -0.2) is 14.4 Å². The van der Waals surface area contributed by atoms with Crippen LogP contribution in [0.25, 0.3) is 22.3 Å². The number of anilines is 2. The number of aromatic nitrogens is 4. The lowest BCUT2D eigenvalue weighted by molar-refractivity contribution is -0.136. The van der Waals surface area contributed by atoms with Crippen molar-refractivity contribution in [2.75, 3.05) is 62.7 Å². The number of piperazine rings is 1. The summed E-state index contributed by atoms with van der Waals surface area (Å²) in [6, 6.07) is 8.33. The number of piperidine rings is 2. The first kappa shape index (κ1) is 39.8. The molecule has 322 valence electrons. The fourth-order valence-corrected chi connectivity index (χ4v) is 10.0. The molecule has 6 heterocycles. The summed E-state index contributed by atoms with van der Waals surface area (Å²) in [5.74, 6) is 1.16. The molecule has 5 fully saturated rings. The lowest BCUT2D eigenvalue weighted by Gasteiger charge is -2.40. The molecule has 4 aliphatic heterocycles. The maximum Gasteiger partial charge on any atom is 0.255 e. The van der Waals surface area contributed by atoms with Crippen LogP contribution in [0.15, 0.2) is 36.7 Å². The van der Waals surface area contributed by atoms with Crippen LogP contribution in [-0.2, 0) is 20.9 Å². The van der Waals surface area contributed by atoms with Crippen LogP contribution in [0.3, 0.4) is 0 Å². The average Bonchev–Trinajstić information content (AvgIpc) is 3.71.